The molecule has 3 nitrogen and oxygen atoms in total. The highest BCUT2D eigenvalue weighted by atomic mass is 16.5. The largest absolute Gasteiger partial charge is 0.496 e. The summed E-state index contributed by atoms with van der Waals surface area (Å²) < 4.78 is 5.22. The first kappa shape index (κ1) is 12.3. The van der Waals surface area contributed by atoms with Crippen LogP contribution in [0.2, 0.25) is 0 Å². The van der Waals surface area contributed by atoms with Gasteiger partial charge >= 0.3 is 0 Å². The van der Waals surface area contributed by atoms with E-state index >= 15 is 0 Å². The zero-order valence-electron chi connectivity index (χ0n) is 10.1. The van der Waals surface area contributed by atoms with Crippen LogP contribution >= 0.6 is 0 Å². The van der Waals surface area contributed by atoms with Crippen molar-refractivity contribution in [1.29, 1.82) is 0 Å². The van der Waals surface area contributed by atoms with Crippen molar-refractivity contribution in [2.24, 2.45) is 5.73 Å². The molecule has 0 aromatic heterocycles. The van der Waals surface area contributed by atoms with E-state index in [-0.39, 0.29) is 0 Å². The van der Waals surface area contributed by atoms with Crippen LogP contribution in [-0.4, -0.2) is 13.0 Å². The maximum atomic E-state index is 11.4. The first-order valence-corrected chi connectivity index (χ1v) is 5.10. The highest BCUT2D eigenvalue weighted by molar-refractivity contribution is 6.20. The Balaban J connectivity index is 3.44. The van der Waals surface area contributed by atoms with Crippen molar-refractivity contribution in [3.63, 3.8) is 0 Å². The predicted molar refractivity (Wildman–Crippen MR) is 65.2 cm³/mol. The molecular weight excluding hydrogens is 202 g/mol. The third-order valence-corrected chi connectivity index (χ3v) is 2.52. The summed E-state index contributed by atoms with van der Waals surface area (Å²) in [6.45, 7) is 5.66. The van der Waals surface area contributed by atoms with Gasteiger partial charge in [0.05, 0.1) is 7.11 Å². The van der Waals surface area contributed by atoms with Crippen LogP contribution in [0.5, 0.6) is 5.75 Å². The lowest BCUT2D eigenvalue weighted by Gasteiger charge is -2.12. The van der Waals surface area contributed by atoms with Crippen molar-refractivity contribution in [1.82, 2.24) is 0 Å². The van der Waals surface area contributed by atoms with E-state index in [0.717, 1.165) is 22.4 Å². The first-order chi connectivity index (χ1) is 7.49. The number of rotatable bonds is 3. The SMILES string of the molecule is COc1cccc(C(C(N)=O)=C(C)C)c1C. The topological polar surface area (TPSA) is 52.3 Å². The van der Waals surface area contributed by atoms with E-state index in [4.69, 9.17) is 10.5 Å². The van der Waals surface area contributed by atoms with Gasteiger partial charge < -0.3 is 10.5 Å². The summed E-state index contributed by atoms with van der Waals surface area (Å²) >= 11 is 0. The van der Waals surface area contributed by atoms with Crippen molar-refractivity contribution in [3.05, 3.63) is 34.9 Å². The molecule has 1 rings (SSSR count). The maximum Gasteiger partial charge on any atom is 0.249 e. The summed E-state index contributed by atoms with van der Waals surface area (Å²) in [5, 5.41) is 0. The third-order valence-electron chi connectivity index (χ3n) is 2.52. The lowest BCUT2D eigenvalue weighted by Crippen LogP contribution is -2.15. The summed E-state index contributed by atoms with van der Waals surface area (Å²) in [5.74, 6) is 0.355. The van der Waals surface area contributed by atoms with Gasteiger partial charge in [0, 0.05) is 5.57 Å². The van der Waals surface area contributed by atoms with E-state index in [2.05, 4.69) is 0 Å². The molecule has 3 heteroatoms. The van der Waals surface area contributed by atoms with Gasteiger partial charge in [0.2, 0.25) is 5.91 Å². The maximum absolute atomic E-state index is 11.4. The van der Waals surface area contributed by atoms with Crippen molar-refractivity contribution < 1.29 is 9.53 Å². The van der Waals surface area contributed by atoms with Crippen molar-refractivity contribution in [2.45, 2.75) is 20.8 Å². The Hall–Kier alpha value is -1.77. The molecule has 0 bridgehead atoms. The first-order valence-electron chi connectivity index (χ1n) is 5.10. The van der Waals surface area contributed by atoms with Crippen molar-refractivity contribution in [2.75, 3.05) is 7.11 Å². The second kappa shape index (κ2) is 4.84. The van der Waals surface area contributed by atoms with Crippen LogP contribution in [0.3, 0.4) is 0 Å². The van der Waals surface area contributed by atoms with Gasteiger partial charge in [-0.2, -0.15) is 0 Å². The Morgan fingerprint density at radius 3 is 2.38 bits per heavy atom. The number of carbonyl (C=O) groups is 1. The van der Waals surface area contributed by atoms with Crippen LogP contribution in [0.4, 0.5) is 0 Å². The number of methoxy groups -OCH3 is 1. The molecule has 16 heavy (non-hydrogen) atoms. The smallest absolute Gasteiger partial charge is 0.249 e. The number of carbonyl (C=O) groups excluding carboxylic acids is 1. The fourth-order valence-corrected chi connectivity index (χ4v) is 1.75. The number of amides is 1. The zero-order chi connectivity index (χ0) is 12.3. The Morgan fingerprint density at radius 2 is 1.94 bits per heavy atom. The number of benzene rings is 1. The van der Waals surface area contributed by atoms with Gasteiger partial charge in [-0.25, -0.2) is 0 Å². The minimum atomic E-state index is -0.406. The quantitative estimate of drug-likeness (QED) is 0.793. The fraction of sp³-hybridized carbons (Fsp3) is 0.308. The average Bonchev–Trinajstić information content (AvgIpc) is 2.20. The monoisotopic (exact) mass is 219 g/mol. The molecule has 1 aromatic carbocycles. The molecule has 0 unspecified atom stereocenters. The van der Waals surface area contributed by atoms with Crippen LogP contribution in [-0.2, 0) is 4.79 Å². The zero-order valence-corrected chi connectivity index (χ0v) is 10.1. The Bertz CT molecular complexity index is 443. The van der Waals surface area contributed by atoms with Crippen LogP contribution in [0.15, 0.2) is 23.8 Å². The van der Waals surface area contributed by atoms with Gasteiger partial charge in [0.15, 0.2) is 0 Å². The molecule has 0 saturated heterocycles. The second-order valence-electron chi connectivity index (χ2n) is 3.87. The molecular formula is C13H17NO2. The number of nitrogens with two attached hydrogens (primary N) is 1. The van der Waals surface area contributed by atoms with Gasteiger partial charge in [-0.15, -0.1) is 0 Å². The summed E-state index contributed by atoms with van der Waals surface area (Å²) in [5.41, 5.74) is 8.64. The fourth-order valence-electron chi connectivity index (χ4n) is 1.75. The van der Waals surface area contributed by atoms with Gasteiger partial charge in [-0.05, 0) is 38.0 Å². The average molecular weight is 219 g/mol. The van der Waals surface area contributed by atoms with E-state index in [1.54, 1.807) is 7.11 Å². The molecule has 0 spiro atoms. The molecule has 0 heterocycles. The normalized spacial score (nSPS) is 9.75. The molecule has 0 aliphatic heterocycles. The number of primary amides is 1. The molecule has 0 aliphatic carbocycles. The van der Waals surface area contributed by atoms with Crippen molar-refractivity contribution in [3.8, 4) is 5.75 Å². The Kier molecular flexibility index (Phi) is 3.72. The lowest BCUT2D eigenvalue weighted by molar-refractivity contribution is -0.112. The van der Waals surface area contributed by atoms with E-state index in [0.29, 0.717) is 5.57 Å². The summed E-state index contributed by atoms with van der Waals surface area (Å²) in [4.78, 5) is 11.4. The van der Waals surface area contributed by atoms with Gasteiger partial charge in [-0.1, -0.05) is 17.7 Å². The molecule has 0 fully saturated rings. The van der Waals surface area contributed by atoms with Gasteiger partial charge in [0.1, 0.15) is 5.75 Å². The van der Waals surface area contributed by atoms with E-state index in [1.807, 2.05) is 39.0 Å². The number of ether oxygens (including phenoxy) is 1. The molecule has 1 amide bonds. The van der Waals surface area contributed by atoms with Crippen molar-refractivity contribution >= 4 is 11.5 Å². The van der Waals surface area contributed by atoms with Crippen LogP contribution < -0.4 is 10.5 Å². The molecule has 0 saturated carbocycles. The number of hydrogen-bond acceptors (Lipinski definition) is 2. The molecule has 0 radical (unpaired) electrons. The van der Waals surface area contributed by atoms with Crippen LogP contribution in [0.25, 0.3) is 5.57 Å². The predicted octanol–water partition coefficient (Wildman–Crippen LogP) is 2.28. The van der Waals surface area contributed by atoms with E-state index in [1.165, 1.54) is 0 Å². The van der Waals surface area contributed by atoms with E-state index < -0.39 is 5.91 Å². The molecule has 86 valence electrons. The van der Waals surface area contributed by atoms with E-state index in [9.17, 15) is 4.79 Å². The Labute approximate surface area is 95.9 Å². The second-order valence-corrected chi connectivity index (χ2v) is 3.87. The minimum Gasteiger partial charge on any atom is -0.496 e. The molecule has 0 atom stereocenters. The highest BCUT2D eigenvalue weighted by Gasteiger charge is 2.14. The lowest BCUT2D eigenvalue weighted by atomic mass is 9.96. The highest BCUT2D eigenvalue weighted by Crippen LogP contribution is 2.28. The minimum absolute atomic E-state index is 0.406. The standard InChI is InChI=1S/C13H17NO2/c1-8(2)12(13(14)15)10-6-5-7-11(16-4)9(10)3/h5-7H,1-4H3,(H2,14,15). The van der Waals surface area contributed by atoms with Crippen LogP contribution in [0, 0.1) is 6.92 Å². The van der Waals surface area contributed by atoms with Gasteiger partial charge in [-0.3, -0.25) is 4.79 Å². The summed E-state index contributed by atoms with van der Waals surface area (Å²) in [7, 11) is 1.61. The Morgan fingerprint density at radius 1 is 1.31 bits per heavy atom. The van der Waals surface area contributed by atoms with Gasteiger partial charge in [0.25, 0.3) is 0 Å². The number of allylic oxidation sites excluding steroid dienone is 1. The number of hydrogen-bond donors (Lipinski definition) is 1. The summed E-state index contributed by atoms with van der Waals surface area (Å²) in [6, 6.07) is 5.60. The molecule has 1 aromatic rings. The molecule has 0 aliphatic rings. The molecule has 2 N–H and O–H groups in total. The summed E-state index contributed by atoms with van der Waals surface area (Å²) in [6.07, 6.45) is 0. The third kappa shape index (κ3) is 2.24. The van der Waals surface area contributed by atoms with Crippen LogP contribution in [0.1, 0.15) is 25.0 Å².